The number of aryl methyl sites for hydroxylation is 1. The number of carbonyl (C=O) groups is 1. The molecule has 0 atom stereocenters. The predicted molar refractivity (Wildman–Crippen MR) is 140 cm³/mol. The summed E-state index contributed by atoms with van der Waals surface area (Å²) in [5, 5.41) is 2.10. The molecule has 4 aromatic carbocycles. The monoisotopic (exact) mass is 468 g/mol. The SMILES string of the molecule is CCCCc1cc2ccccc2c(Oc2ccc(/C=C/C(=O)OCC)cc2)c1-c1ccc(F)cc1. The lowest BCUT2D eigenvalue weighted by Crippen LogP contribution is -1.98. The fourth-order valence-corrected chi connectivity index (χ4v) is 4.09. The minimum atomic E-state index is -0.368. The molecular formula is C31H29FO3. The first-order chi connectivity index (χ1) is 17.1. The minimum absolute atomic E-state index is 0.265. The van der Waals surface area contributed by atoms with Gasteiger partial charge in [-0.1, -0.05) is 67.9 Å². The lowest BCUT2D eigenvalue weighted by molar-refractivity contribution is -0.137. The standard InChI is InChI=1S/C31H29FO3/c1-3-5-8-25-21-24-9-6-7-10-28(24)31(30(25)23-14-16-26(32)17-15-23)35-27-18-11-22(12-19-27)13-20-29(33)34-4-2/h6-7,9-21H,3-5,8H2,1-2H3/b20-13+. The molecule has 0 N–H and O–H groups in total. The van der Waals surface area contributed by atoms with Crippen LogP contribution in [0.4, 0.5) is 4.39 Å². The van der Waals surface area contributed by atoms with Crippen molar-refractivity contribution in [2.24, 2.45) is 0 Å². The summed E-state index contributed by atoms with van der Waals surface area (Å²) in [5.41, 5.74) is 3.96. The van der Waals surface area contributed by atoms with Crippen LogP contribution in [0.25, 0.3) is 28.0 Å². The van der Waals surface area contributed by atoms with E-state index in [1.807, 2.05) is 48.5 Å². The highest BCUT2D eigenvalue weighted by molar-refractivity contribution is 5.97. The maximum Gasteiger partial charge on any atom is 0.330 e. The summed E-state index contributed by atoms with van der Waals surface area (Å²) in [5.74, 6) is 0.806. The van der Waals surface area contributed by atoms with Crippen molar-refractivity contribution in [3.05, 3.63) is 102 Å². The van der Waals surface area contributed by atoms with E-state index in [0.717, 1.165) is 52.5 Å². The molecule has 4 aromatic rings. The van der Waals surface area contributed by atoms with Gasteiger partial charge in [0, 0.05) is 17.0 Å². The molecule has 35 heavy (non-hydrogen) atoms. The summed E-state index contributed by atoms with van der Waals surface area (Å²) in [6.07, 6.45) is 6.16. The quantitative estimate of drug-likeness (QED) is 0.183. The van der Waals surface area contributed by atoms with E-state index in [1.54, 1.807) is 13.0 Å². The van der Waals surface area contributed by atoms with Crippen molar-refractivity contribution >= 4 is 22.8 Å². The van der Waals surface area contributed by atoms with Crippen molar-refractivity contribution in [3.8, 4) is 22.6 Å². The second-order valence-corrected chi connectivity index (χ2v) is 8.33. The first-order valence-corrected chi connectivity index (χ1v) is 12.0. The summed E-state index contributed by atoms with van der Waals surface area (Å²) in [4.78, 5) is 11.6. The molecule has 178 valence electrons. The lowest BCUT2D eigenvalue weighted by atomic mass is 9.91. The van der Waals surface area contributed by atoms with Gasteiger partial charge in [0.05, 0.1) is 6.61 Å². The Balaban J connectivity index is 1.77. The Morgan fingerprint density at radius 1 is 0.943 bits per heavy atom. The van der Waals surface area contributed by atoms with Gasteiger partial charge in [0.15, 0.2) is 0 Å². The number of benzene rings is 4. The zero-order valence-corrected chi connectivity index (χ0v) is 20.1. The van der Waals surface area contributed by atoms with Crippen LogP contribution in [-0.2, 0) is 16.0 Å². The zero-order valence-electron chi connectivity index (χ0n) is 20.1. The summed E-state index contributed by atoms with van der Waals surface area (Å²) in [7, 11) is 0. The first-order valence-electron chi connectivity index (χ1n) is 12.0. The number of unbranched alkanes of at least 4 members (excludes halogenated alkanes) is 1. The number of carbonyl (C=O) groups excluding carboxylic acids is 1. The van der Waals surface area contributed by atoms with Crippen molar-refractivity contribution < 1.29 is 18.7 Å². The molecule has 0 amide bonds. The third-order valence-electron chi connectivity index (χ3n) is 5.81. The molecule has 0 saturated heterocycles. The van der Waals surface area contributed by atoms with Gasteiger partial charge in [-0.3, -0.25) is 0 Å². The molecule has 0 heterocycles. The molecular weight excluding hydrogens is 439 g/mol. The summed E-state index contributed by atoms with van der Waals surface area (Å²) >= 11 is 0. The summed E-state index contributed by atoms with van der Waals surface area (Å²) in [6, 6.07) is 24.5. The number of hydrogen-bond acceptors (Lipinski definition) is 3. The van der Waals surface area contributed by atoms with Crippen LogP contribution in [0.2, 0.25) is 0 Å². The molecule has 0 aromatic heterocycles. The fourth-order valence-electron chi connectivity index (χ4n) is 4.09. The van der Waals surface area contributed by atoms with Crippen molar-refractivity contribution in [3.63, 3.8) is 0 Å². The van der Waals surface area contributed by atoms with Crippen LogP contribution in [0.15, 0.2) is 84.9 Å². The Bertz CT molecular complexity index is 1320. The summed E-state index contributed by atoms with van der Waals surface area (Å²) < 4.78 is 25.2. The van der Waals surface area contributed by atoms with E-state index in [2.05, 4.69) is 25.1 Å². The van der Waals surface area contributed by atoms with Gasteiger partial charge < -0.3 is 9.47 Å². The Labute approximate surface area is 205 Å². The molecule has 0 unspecified atom stereocenters. The van der Waals surface area contributed by atoms with Gasteiger partial charge in [-0.25, -0.2) is 9.18 Å². The number of esters is 1. The average Bonchev–Trinajstić information content (AvgIpc) is 2.88. The second kappa shape index (κ2) is 11.5. The topological polar surface area (TPSA) is 35.5 Å². The molecule has 0 aliphatic rings. The highest BCUT2D eigenvalue weighted by Gasteiger charge is 2.17. The highest BCUT2D eigenvalue weighted by Crippen LogP contribution is 2.43. The molecule has 0 radical (unpaired) electrons. The van der Waals surface area contributed by atoms with Gasteiger partial charge in [-0.2, -0.15) is 0 Å². The Morgan fingerprint density at radius 3 is 2.40 bits per heavy atom. The Kier molecular flexibility index (Phi) is 7.94. The minimum Gasteiger partial charge on any atom is -0.463 e. The van der Waals surface area contributed by atoms with Gasteiger partial charge in [-0.05, 0) is 72.2 Å². The molecule has 0 saturated carbocycles. The highest BCUT2D eigenvalue weighted by atomic mass is 19.1. The molecule has 4 rings (SSSR count). The third-order valence-corrected chi connectivity index (χ3v) is 5.81. The van der Waals surface area contributed by atoms with Crippen LogP contribution in [0.1, 0.15) is 37.8 Å². The van der Waals surface area contributed by atoms with Gasteiger partial charge in [0.25, 0.3) is 0 Å². The summed E-state index contributed by atoms with van der Waals surface area (Å²) in [6.45, 7) is 4.30. The molecule has 0 bridgehead atoms. The van der Waals surface area contributed by atoms with Gasteiger partial charge in [0.1, 0.15) is 17.3 Å². The van der Waals surface area contributed by atoms with Crippen LogP contribution >= 0.6 is 0 Å². The van der Waals surface area contributed by atoms with E-state index in [0.29, 0.717) is 12.4 Å². The number of halogens is 1. The van der Waals surface area contributed by atoms with Crippen molar-refractivity contribution in [1.82, 2.24) is 0 Å². The number of rotatable bonds is 9. The number of hydrogen-bond donors (Lipinski definition) is 0. The lowest BCUT2D eigenvalue weighted by Gasteiger charge is -2.19. The van der Waals surface area contributed by atoms with Crippen LogP contribution in [-0.4, -0.2) is 12.6 Å². The normalized spacial score (nSPS) is 11.2. The smallest absolute Gasteiger partial charge is 0.330 e. The van der Waals surface area contributed by atoms with E-state index >= 15 is 0 Å². The average molecular weight is 469 g/mol. The molecule has 0 fully saturated rings. The van der Waals surface area contributed by atoms with E-state index < -0.39 is 0 Å². The van der Waals surface area contributed by atoms with E-state index in [-0.39, 0.29) is 11.8 Å². The van der Waals surface area contributed by atoms with Crippen LogP contribution in [0.5, 0.6) is 11.5 Å². The second-order valence-electron chi connectivity index (χ2n) is 8.33. The van der Waals surface area contributed by atoms with Gasteiger partial charge in [-0.15, -0.1) is 0 Å². The van der Waals surface area contributed by atoms with Crippen molar-refractivity contribution in [2.75, 3.05) is 6.61 Å². The molecule has 3 nitrogen and oxygen atoms in total. The fraction of sp³-hybridized carbons (Fsp3) is 0.194. The zero-order chi connectivity index (χ0) is 24.6. The molecule has 0 aliphatic carbocycles. The predicted octanol–water partition coefficient (Wildman–Crippen LogP) is 8.36. The van der Waals surface area contributed by atoms with E-state index in [9.17, 15) is 9.18 Å². The van der Waals surface area contributed by atoms with Gasteiger partial charge >= 0.3 is 5.97 Å². The van der Waals surface area contributed by atoms with E-state index in [4.69, 9.17) is 9.47 Å². The van der Waals surface area contributed by atoms with Crippen molar-refractivity contribution in [2.45, 2.75) is 33.1 Å². The number of fused-ring (bicyclic) bond motifs is 1. The maximum absolute atomic E-state index is 13.7. The van der Waals surface area contributed by atoms with Crippen LogP contribution in [0.3, 0.4) is 0 Å². The Hall–Kier alpha value is -3.92. The van der Waals surface area contributed by atoms with Crippen molar-refractivity contribution in [1.29, 1.82) is 0 Å². The van der Waals surface area contributed by atoms with E-state index in [1.165, 1.54) is 23.8 Å². The molecule has 0 aliphatic heterocycles. The van der Waals surface area contributed by atoms with Crippen LogP contribution < -0.4 is 4.74 Å². The Morgan fingerprint density at radius 2 is 1.69 bits per heavy atom. The number of ether oxygens (including phenoxy) is 2. The van der Waals surface area contributed by atoms with Crippen LogP contribution in [0, 0.1) is 5.82 Å². The van der Waals surface area contributed by atoms with Gasteiger partial charge in [0.2, 0.25) is 0 Å². The maximum atomic E-state index is 13.7. The largest absolute Gasteiger partial charge is 0.463 e. The first kappa shape index (κ1) is 24.2. The molecule has 0 spiro atoms. The molecule has 4 heteroatoms. The third kappa shape index (κ3) is 5.96.